The average molecular weight is 299 g/mol. The molecule has 0 radical (unpaired) electrons. The number of primary amides is 1. The summed E-state index contributed by atoms with van der Waals surface area (Å²) in [6, 6.07) is 5.62. The van der Waals surface area contributed by atoms with Gasteiger partial charge in [-0.05, 0) is 37.5 Å². The lowest BCUT2D eigenvalue weighted by molar-refractivity contribution is 0.100. The van der Waals surface area contributed by atoms with Crippen molar-refractivity contribution in [2.24, 2.45) is 16.5 Å². The summed E-state index contributed by atoms with van der Waals surface area (Å²) in [6.07, 6.45) is 7.21. The molecule has 116 valence electrons. The first-order valence-electron chi connectivity index (χ1n) is 7.59. The second-order valence-electron chi connectivity index (χ2n) is 5.66. The molecule has 1 aromatic carbocycles. The fourth-order valence-electron chi connectivity index (χ4n) is 2.95. The number of amides is 1. The molecule has 0 atom stereocenters. The number of nitrogens with zero attached hydrogens (tertiary/aromatic N) is 3. The molecular formula is C16H21N5O. The predicted molar refractivity (Wildman–Crippen MR) is 89.1 cm³/mol. The van der Waals surface area contributed by atoms with E-state index in [9.17, 15) is 4.79 Å². The highest BCUT2D eigenvalue weighted by atomic mass is 16.1. The summed E-state index contributed by atoms with van der Waals surface area (Å²) < 4.78 is 0. The van der Waals surface area contributed by atoms with Crippen LogP contribution in [0, 0.1) is 0 Å². The summed E-state index contributed by atoms with van der Waals surface area (Å²) in [5.74, 6) is 0.130. The van der Waals surface area contributed by atoms with Crippen LogP contribution in [0.5, 0.6) is 0 Å². The van der Waals surface area contributed by atoms with Crippen molar-refractivity contribution in [2.45, 2.75) is 19.3 Å². The van der Waals surface area contributed by atoms with E-state index in [0.717, 1.165) is 24.5 Å². The molecule has 0 aromatic heterocycles. The van der Waals surface area contributed by atoms with E-state index in [-0.39, 0.29) is 0 Å². The summed E-state index contributed by atoms with van der Waals surface area (Å²) in [5, 5.41) is 0. The van der Waals surface area contributed by atoms with Crippen LogP contribution in [-0.2, 0) is 0 Å². The van der Waals surface area contributed by atoms with Gasteiger partial charge in [0, 0.05) is 31.1 Å². The molecule has 1 aromatic rings. The van der Waals surface area contributed by atoms with Crippen LogP contribution < -0.4 is 21.3 Å². The Kier molecular flexibility index (Phi) is 4.00. The Hall–Kier alpha value is -2.50. The average Bonchev–Trinajstić information content (AvgIpc) is 2.55. The normalized spacial score (nSPS) is 18.3. The fourth-order valence-corrected chi connectivity index (χ4v) is 2.95. The quantitative estimate of drug-likeness (QED) is 0.883. The van der Waals surface area contributed by atoms with Gasteiger partial charge in [0.1, 0.15) is 5.84 Å². The molecule has 2 aliphatic rings. The van der Waals surface area contributed by atoms with Crippen LogP contribution >= 0.6 is 0 Å². The highest BCUT2D eigenvalue weighted by Gasteiger charge is 2.20. The topological polar surface area (TPSA) is 88.0 Å². The monoisotopic (exact) mass is 299 g/mol. The van der Waals surface area contributed by atoms with Crippen LogP contribution in [0.1, 0.15) is 29.6 Å². The van der Waals surface area contributed by atoms with E-state index in [4.69, 9.17) is 11.5 Å². The summed E-state index contributed by atoms with van der Waals surface area (Å²) in [6.45, 7) is 2.58. The minimum absolute atomic E-state index is 0.422. The van der Waals surface area contributed by atoms with Crippen LogP contribution in [-0.4, -0.2) is 31.4 Å². The molecule has 0 spiro atoms. The molecule has 2 heterocycles. The van der Waals surface area contributed by atoms with Crippen molar-refractivity contribution < 1.29 is 4.79 Å². The molecule has 6 heteroatoms. The number of aliphatic imine (C=N–C) groups is 1. The van der Waals surface area contributed by atoms with E-state index in [1.165, 1.54) is 19.3 Å². The Labute approximate surface area is 130 Å². The minimum Gasteiger partial charge on any atom is -0.386 e. The van der Waals surface area contributed by atoms with Gasteiger partial charge in [-0.25, -0.2) is 4.99 Å². The molecule has 0 aliphatic carbocycles. The minimum atomic E-state index is -0.422. The zero-order valence-electron chi connectivity index (χ0n) is 12.5. The molecule has 1 amide bonds. The number of benzene rings is 1. The first-order chi connectivity index (χ1) is 10.6. The van der Waals surface area contributed by atoms with Gasteiger partial charge >= 0.3 is 0 Å². The van der Waals surface area contributed by atoms with Gasteiger partial charge in [-0.2, -0.15) is 0 Å². The number of anilines is 2. The van der Waals surface area contributed by atoms with E-state index in [1.54, 1.807) is 12.3 Å². The Balaban J connectivity index is 1.99. The van der Waals surface area contributed by atoms with E-state index in [2.05, 4.69) is 9.89 Å². The van der Waals surface area contributed by atoms with Crippen LogP contribution in [0.4, 0.5) is 11.4 Å². The molecular weight excluding hydrogens is 278 g/mol. The first-order valence-corrected chi connectivity index (χ1v) is 7.59. The zero-order chi connectivity index (χ0) is 15.5. The largest absolute Gasteiger partial charge is 0.386 e. The number of nitrogens with two attached hydrogens (primary N) is 2. The van der Waals surface area contributed by atoms with Crippen molar-refractivity contribution in [2.75, 3.05) is 29.4 Å². The molecule has 6 nitrogen and oxygen atoms in total. The summed E-state index contributed by atoms with van der Waals surface area (Å²) in [5.41, 5.74) is 13.8. The van der Waals surface area contributed by atoms with Gasteiger partial charge < -0.3 is 21.3 Å². The third kappa shape index (κ3) is 2.90. The molecule has 22 heavy (non-hydrogen) atoms. The summed E-state index contributed by atoms with van der Waals surface area (Å²) in [4.78, 5) is 20.0. The second kappa shape index (κ2) is 6.09. The number of piperidine rings is 1. The Morgan fingerprint density at radius 2 is 1.91 bits per heavy atom. The lowest BCUT2D eigenvalue weighted by Crippen LogP contribution is -2.35. The molecule has 1 fully saturated rings. The summed E-state index contributed by atoms with van der Waals surface area (Å²) >= 11 is 0. The van der Waals surface area contributed by atoms with Crippen molar-refractivity contribution in [1.82, 2.24) is 0 Å². The number of hydrogen-bond acceptors (Lipinski definition) is 5. The van der Waals surface area contributed by atoms with Crippen molar-refractivity contribution in [1.29, 1.82) is 0 Å². The Morgan fingerprint density at radius 1 is 1.14 bits per heavy atom. The van der Waals surface area contributed by atoms with E-state index in [1.807, 2.05) is 23.2 Å². The lowest BCUT2D eigenvalue weighted by atomic mass is 10.1. The van der Waals surface area contributed by atoms with E-state index >= 15 is 0 Å². The van der Waals surface area contributed by atoms with Gasteiger partial charge in [0.2, 0.25) is 5.91 Å². The van der Waals surface area contributed by atoms with E-state index < -0.39 is 5.91 Å². The SMILES string of the molecule is NC(=O)c1ccc(N2CCCCC2)c(N2C=CN=C(N)C2)c1. The first kappa shape index (κ1) is 14.4. The van der Waals surface area contributed by atoms with Gasteiger partial charge in [0.25, 0.3) is 0 Å². The highest BCUT2D eigenvalue weighted by Crippen LogP contribution is 2.33. The molecule has 0 saturated carbocycles. The van der Waals surface area contributed by atoms with Crippen LogP contribution in [0.3, 0.4) is 0 Å². The number of carbonyl (C=O) groups excluding carboxylic acids is 1. The maximum absolute atomic E-state index is 11.5. The van der Waals surface area contributed by atoms with Gasteiger partial charge in [0.05, 0.1) is 17.9 Å². The number of hydrogen-bond donors (Lipinski definition) is 2. The van der Waals surface area contributed by atoms with Crippen molar-refractivity contribution in [3.05, 3.63) is 36.2 Å². The number of rotatable bonds is 3. The third-order valence-corrected chi connectivity index (χ3v) is 4.09. The van der Waals surface area contributed by atoms with Crippen molar-refractivity contribution in [3.63, 3.8) is 0 Å². The standard InChI is InChI=1S/C16H21N5O/c17-15-11-21(9-6-19-15)14-10-12(16(18)22)4-5-13(14)20-7-2-1-3-8-20/h4-6,9-10H,1-3,7-8,11H2,(H2,17,19)(H2,18,22). The van der Waals surface area contributed by atoms with Gasteiger partial charge in [0.15, 0.2) is 0 Å². The van der Waals surface area contributed by atoms with Crippen LogP contribution in [0.2, 0.25) is 0 Å². The van der Waals surface area contributed by atoms with Crippen LogP contribution in [0.15, 0.2) is 35.6 Å². The molecule has 4 N–H and O–H groups in total. The van der Waals surface area contributed by atoms with Gasteiger partial charge in [-0.3, -0.25) is 4.79 Å². The fraction of sp³-hybridized carbons (Fsp3) is 0.375. The maximum Gasteiger partial charge on any atom is 0.248 e. The maximum atomic E-state index is 11.5. The Morgan fingerprint density at radius 3 is 2.59 bits per heavy atom. The molecule has 0 unspecified atom stereocenters. The van der Waals surface area contributed by atoms with Crippen molar-refractivity contribution in [3.8, 4) is 0 Å². The smallest absolute Gasteiger partial charge is 0.248 e. The van der Waals surface area contributed by atoms with E-state index in [0.29, 0.717) is 17.9 Å². The molecule has 3 rings (SSSR count). The Bertz CT molecular complexity index is 631. The number of amidine groups is 1. The highest BCUT2D eigenvalue weighted by molar-refractivity contribution is 5.96. The molecule has 1 saturated heterocycles. The van der Waals surface area contributed by atoms with Crippen molar-refractivity contribution >= 4 is 23.1 Å². The second-order valence-corrected chi connectivity index (χ2v) is 5.66. The predicted octanol–water partition coefficient (Wildman–Crippen LogP) is 1.42. The molecule has 0 bridgehead atoms. The summed E-state index contributed by atoms with van der Waals surface area (Å²) in [7, 11) is 0. The van der Waals surface area contributed by atoms with Crippen LogP contribution in [0.25, 0.3) is 0 Å². The van der Waals surface area contributed by atoms with Gasteiger partial charge in [-0.15, -0.1) is 0 Å². The zero-order valence-corrected chi connectivity index (χ0v) is 12.5. The molecule has 2 aliphatic heterocycles. The third-order valence-electron chi connectivity index (χ3n) is 4.09. The van der Waals surface area contributed by atoms with Gasteiger partial charge in [-0.1, -0.05) is 0 Å². The lowest BCUT2D eigenvalue weighted by Gasteiger charge is -2.34. The number of carbonyl (C=O) groups is 1.